The van der Waals surface area contributed by atoms with Crippen LogP contribution in [0, 0.1) is 0 Å². The Morgan fingerprint density at radius 1 is 1.39 bits per heavy atom. The zero-order chi connectivity index (χ0) is 13.9. The van der Waals surface area contributed by atoms with Crippen LogP contribution in [0.1, 0.15) is 23.7 Å². The normalized spacial score (nSPS) is 11.3. The molecule has 18 heavy (non-hydrogen) atoms. The molecule has 1 amide bonds. The average Bonchev–Trinajstić information content (AvgIpc) is 2.24. The van der Waals surface area contributed by atoms with Gasteiger partial charge in [-0.05, 0) is 18.6 Å². The fraction of sp³-hybridized carbons (Fsp3) is 0.300. The minimum atomic E-state index is -4.00. The number of rotatable bonds is 4. The largest absolute Gasteiger partial charge is 0.352 e. The maximum absolute atomic E-state index is 11.8. The summed E-state index contributed by atoms with van der Waals surface area (Å²) in [6.07, 6.45) is 0.732. The highest BCUT2D eigenvalue weighted by molar-refractivity contribution is 7.89. The van der Waals surface area contributed by atoms with Crippen molar-refractivity contribution in [1.29, 1.82) is 0 Å². The highest BCUT2D eigenvalue weighted by atomic mass is 35.5. The van der Waals surface area contributed by atoms with E-state index in [0.717, 1.165) is 12.5 Å². The van der Waals surface area contributed by atoms with Crippen LogP contribution in [0.5, 0.6) is 0 Å². The topological polar surface area (TPSA) is 89.3 Å². The van der Waals surface area contributed by atoms with Crippen molar-refractivity contribution in [3.63, 3.8) is 0 Å². The monoisotopic (exact) mass is 310 g/mol. The summed E-state index contributed by atoms with van der Waals surface area (Å²) in [6, 6.07) is 2.44. The van der Waals surface area contributed by atoms with Crippen molar-refractivity contribution in [3.05, 3.63) is 27.7 Å². The molecule has 8 heteroatoms. The fourth-order valence-electron chi connectivity index (χ4n) is 1.29. The predicted octanol–water partition coefficient (Wildman–Crippen LogP) is 1.78. The first kappa shape index (κ1) is 15.2. The van der Waals surface area contributed by atoms with E-state index in [-0.39, 0.29) is 20.5 Å². The smallest absolute Gasteiger partial charge is 0.254 e. The molecular formula is C10H12Cl2N2O3S. The standard InChI is InChI=1S/C10H12Cl2N2O3S/c1-2-5-14-10(15)8-6(11)3-4-7(9(8)12)18(13,16)17/h3-4H,2,5H2,1H3,(H,14,15)(H2,13,16,17). The number of sulfonamides is 1. The highest BCUT2D eigenvalue weighted by Crippen LogP contribution is 2.30. The molecule has 0 aliphatic heterocycles. The number of hydrogen-bond acceptors (Lipinski definition) is 3. The minimum Gasteiger partial charge on any atom is -0.352 e. The van der Waals surface area contributed by atoms with Gasteiger partial charge in [0.15, 0.2) is 0 Å². The van der Waals surface area contributed by atoms with E-state index in [4.69, 9.17) is 28.3 Å². The molecule has 0 aliphatic carbocycles. The fourth-order valence-corrected chi connectivity index (χ4v) is 2.76. The number of carbonyl (C=O) groups is 1. The van der Waals surface area contributed by atoms with Gasteiger partial charge in [-0.2, -0.15) is 0 Å². The molecule has 3 N–H and O–H groups in total. The third kappa shape index (κ3) is 3.35. The molecule has 0 bridgehead atoms. The molecule has 0 radical (unpaired) electrons. The van der Waals surface area contributed by atoms with E-state index in [9.17, 15) is 13.2 Å². The van der Waals surface area contributed by atoms with Crippen LogP contribution in [0.2, 0.25) is 10.0 Å². The van der Waals surface area contributed by atoms with Gasteiger partial charge in [-0.15, -0.1) is 0 Å². The van der Waals surface area contributed by atoms with Crippen LogP contribution in [0.15, 0.2) is 17.0 Å². The lowest BCUT2D eigenvalue weighted by molar-refractivity contribution is 0.0954. The number of nitrogens with two attached hydrogens (primary N) is 1. The van der Waals surface area contributed by atoms with E-state index in [1.807, 2.05) is 6.92 Å². The first-order valence-electron chi connectivity index (χ1n) is 5.08. The summed E-state index contributed by atoms with van der Waals surface area (Å²) in [5.41, 5.74) is -0.0849. The van der Waals surface area contributed by atoms with E-state index in [0.29, 0.717) is 6.54 Å². The van der Waals surface area contributed by atoms with Gasteiger partial charge in [0.25, 0.3) is 5.91 Å². The number of carbonyl (C=O) groups excluding carboxylic acids is 1. The summed E-state index contributed by atoms with van der Waals surface area (Å²) >= 11 is 11.7. The first-order valence-corrected chi connectivity index (χ1v) is 7.38. The summed E-state index contributed by atoms with van der Waals surface area (Å²) in [7, 11) is -4.00. The van der Waals surface area contributed by atoms with Crippen molar-refractivity contribution < 1.29 is 13.2 Å². The molecule has 1 aromatic rings. The second-order valence-corrected chi connectivity index (χ2v) is 5.85. The van der Waals surface area contributed by atoms with E-state index in [1.54, 1.807) is 0 Å². The summed E-state index contributed by atoms with van der Waals surface area (Å²) in [5, 5.41) is 7.36. The van der Waals surface area contributed by atoms with E-state index in [2.05, 4.69) is 5.32 Å². The highest BCUT2D eigenvalue weighted by Gasteiger charge is 2.22. The molecule has 0 saturated heterocycles. The Balaban J connectivity index is 3.31. The number of primary sulfonamides is 1. The van der Waals surface area contributed by atoms with Crippen molar-refractivity contribution in [3.8, 4) is 0 Å². The summed E-state index contributed by atoms with van der Waals surface area (Å²) in [4.78, 5) is 11.5. The van der Waals surface area contributed by atoms with Gasteiger partial charge < -0.3 is 5.32 Å². The minimum absolute atomic E-state index is 0.0704. The van der Waals surface area contributed by atoms with Crippen molar-refractivity contribution >= 4 is 39.1 Å². The number of benzene rings is 1. The number of nitrogens with one attached hydrogen (secondary N) is 1. The van der Waals surface area contributed by atoms with Gasteiger partial charge in [-0.1, -0.05) is 30.1 Å². The molecule has 5 nitrogen and oxygen atoms in total. The molecule has 0 heterocycles. The lowest BCUT2D eigenvalue weighted by Crippen LogP contribution is -2.25. The Kier molecular flexibility index (Phi) is 4.98. The van der Waals surface area contributed by atoms with E-state index >= 15 is 0 Å². The van der Waals surface area contributed by atoms with Gasteiger partial charge in [0.1, 0.15) is 4.90 Å². The summed E-state index contributed by atoms with van der Waals surface area (Å²) in [5.74, 6) is -0.530. The summed E-state index contributed by atoms with van der Waals surface area (Å²) < 4.78 is 22.5. The van der Waals surface area contributed by atoms with Crippen LogP contribution < -0.4 is 10.5 Å². The Bertz CT molecular complexity index is 573. The lowest BCUT2D eigenvalue weighted by atomic mass is 10.2. The number of hydrogen-bond donors (Lipinski definition) is 2. The third-order valence-electron chi connectivity index (χ3n) is 2.12. The second kappa shape index (κ2) is 5.88. The van der Waals surface area contributed by atoms with Crippen molar-refractivity contribution in [1.82, 2.24) is 5.32 Å². The van der Waals surface area contributed by atoms with Gasteiger partial charge >= 0.3 is 0 Å². The first-order chi connectivity index (χ1) is 8.29. The van der Waals surface area contributed by atoms with Crippen LogP contribution in [-0.4, -0.2) is 20.9 Å². The quantitative estimate of drug-likeness (QED) is 0.888. The van der Waals surface area contributed by atoms with Gasteiger partial charge in [-0.3, -0.25) is 4.79 Å². The van der Waals surface area contributed by atoms with Crippen LogP contribution in [0.4, 0.5) is 0 Å². The molecule has 100 valence electrons. The summed E-state index contributed by atoms with van der Waals surface area (Å²) in [6.45, 7) is 2.31. The SMILES string of the molecule is CCCNC(=O)c1c(Cl)ccc(S(N)(=O)=O)c1Cl. The van der Waals surface area contributed by atoms with Crippen molar-refractivity contribution in [2.75, 3.05) is 6.54 Å². The van der Waals surface area contributed by atoms with Gasteiger partial charge in [0.2, 0.25) is 10.0 Å². The molecule has 0 fully saturated rings. The maximum Gasteiger partial charge on any atom is 0.254 e. The zero-order valence-electron chi connectivity index (χ0n) is 9.54. The second-order valence-electron chi connectivity index (χ2n) is 3.54. The molecule has 0 aliphatic rings. The van der Waals surface area contributed by atoms with Crippen LogP contribution >= 0.6 is 23.2 Å². The number of amides is 1. The van der Waals surface area contributed by atoms with Gasteiger partial charge in [-0.25, -0.2) is 13.6 Å². The Morgan fingerprint density at radius 2 is 2.00 bits per heavy atom. The van der Waals surface area contributed by atoms with Crippen LogP contribution in [0.25, 0.3) is 0 Å². The van der Waals surface area contributed by atoms with Crippen molar-refractivity contribution in [2.45, 2.75) is 18.2 Å². The lowest BCUT2D eigenvalue weighted by Gasteiger charge is -2.10. The molecule has 0 saturated carbocycles. The molecule has 0 unspecified atom stereocenters. The molecule has 1 rings (SSSR count). The maximum atomic E-state index is 11.8. The van der Waals surface area contributed by atoms with E-state index < -0.39 is 15.9 Å². The molecule has 0 atom stereocenters. The van der Waals surface area contributed by atoms with Crippen LogP contribution in [-0.2, 0) is 10.0 Å². The van der Waals surface area contributed by atoms with E-state index in [1.165, 1.54) is 6.07 Å². The average molecular weight is 311 g/mol. The predicted molar refractivity (Wildman–Crippen MR) is 70.5 cm³/mol. The Hall–Kier alpha value is -0.820. The molecule has 1 aromatic carbocycles. The van der Waals surface area contributed by atoms with Gasteiger partial charge in [0, 0.05) is 6.54 Å². The Morgan fingerprint density at radius 3 is 2.50 bits per heavy atom. The zero-order valence-corrected chi connectivity index (χ0v) is 11.9. The molecule has 0 aromatic heterocycles. The third-order valence-corrected chi connectivity index (χ3v) is 3.90. The van der Waals surface area contributed by atoms with Crippen LogP contribution in [0.3, 0.4) is 0 Å². The Labute approximate surface area is 115 Å². The molecular weight excluding hydrogens is 299 g/mol. The van der Waals surface area contributed by atoms with Gasteiger partial charge in [0.05, 0.1) is 15.6 Å². The van der Waals surface area contributed by atoms with Crippen molar-refractivity contribution in [2.24, 2.45) is 5.14 Å². The number of halogens is 2. The molecule has 0 spiro atoms.